The first-order valence-corrected chi connectivity index (χ1v) is 10.4. The molecule has 0 amide bonds. The SMILES string of the molecule is CCN1CCN(c2ccc(C)cc2)C(C2OCCc3cc(Br)ccc32)C1. The van der Waals surface area contributed by atoms with Gasteiger partial charge in [-0.05, 0) is 55.3 Å². The number of anilines is 1. The standard InChI is InChI=1S/C22H27BrN2O/c1-3-24-11-12-25(19-7-4-16(2)5-8-19)21(15-24)22-20-9-6-18(23)14-17(20)10-13-26-22/h4-9,14,21-22H,3,10-13,15H2,1-2H3. The summed E-state index contributed by atoms with van der Waals surface area (Å²) < 4.78 is 7.53. The number of benzene rings is 2. The van der Waals surface area contributed by atoms with Crippen LogP contribution in [0.2, 0.25) is 0 Å². The Morgan fingerprint density at radius 2 is 1.92 bits per heavy atom. The Balaban J connectivity index is 1.69. The number of hydrogen-bond acceptors (Lipinski definition) is 3. The smallest absolute Gasteiger partial charge is 0.104 e. The fraction of sp³-hybridized carbons (Fsp3) is 0.455. The number of fused-ring (bicyclic) bond motifs is 1. The molecular weight excluding hydrogens is 388 g/mol. The number of likely N-dealkylation sites (N-methyl/N-ethyl adjacent to an activating group) is 1. The minimum Gasteiger partial charge on any atom is -0.371 e. The molecule has 0 saturated carbocycles. The molecule has 4 rings (SSSR count). The molecule has 0 radical (unpaired) electrons. The first-order chi connectivity index (χ1) is 12.7. The molecule has 2 heterocycles. The monoisotopic (exact) mass is 414 g/mol. The van der Waals surface area contributed by atoms with Crippen molar-refractivity contribution in [2.45, 2.75) is 32.4 Å². The molecule has 2 aromatic carbocycles. The van der Waals surface area contributed by atoms with Gasteiger partial charge in [-0.15, -0.1) is 0 Å². The van der Waals surface area contributed by atoms with Gasteiger partial charge < -0.3 is 9.64 Å². The summed E-state index contributed by atoms with van der Waals surface area (Å²) in [6.45, 7) is 9.51. The average Bonchev–Trinajstić information content (AvgIpc) is 2.67. The zero-order valence-electron chi connectivity index (χ0n) is 15.6. The van der Waals surface area contributed by atoms with Gasteiger partial charge in [0.25, 0.3) is 0 Å². The van der Waals surface area contributed by atoms with Crippen LogP contribution in [0, 0.1) is 6.92 Å². The molecule has 1 saturated heterocycles. The number of aryl methyl sites for hydroxylation is 1. The van der Waals surface area contributed by atoms with E-state index in [1.807, 2.05) is 0 Å². The van der Waals surface area contributed by atoms with E-state index in [-0.39, 0.29) is 6.10 Å². The second-order valence-corrected chi connectivity index (χ2v) is 8.29. The van der Waals surface area contributed by atoms with Crippen molar-refractivity contribution in [3.8, 4) is 0 Å². The molecule has 2 unspecified atom stereocenters. The summed E-state index contributed by atoms with van der Waals surface area (Å²) in [6.07, 6.45) is 1.13. The van der Waals surface area contributed by atoms with E-state index < -0.39 is 0 Å². The van der Waals surface area contributed by atoms with Crippen LogP contribution in [0.1, 0.15) is 29.7 Å². The predicted octanol–water partition coefficient (Wildman–Crippen LogP) is 4.58. The van der Waals surface area contributed by atoms with E-state index in [1.165, 1.54) is 22.4 Å². The molecule has 0 aromatic heterocycles. The third-order valence-electron chi connectivity index (χ3n) is 5.75. The molecule has 2 aromatic rings. The third kappa shape index (κ3) is 3.55. The summed E-state index contributed by atoms with van der Waals surface area (Å²) in [7, 11) is 0. The van der Waals surface area contributed by atoms with Crippen molar-refractivity contribution in [2.75, 3.05) is 37.7 Å². The normalized spacial score (nSPS) is 23.7. The number of ether oxygens (including phenoxy) is 1. The molecule has 2 aliphatic rings. The molecule has 0 N–H and O–H groups in total. The van der Waals surface area contributed by atoms with Gasteiger partial charge in [0, 0.05) is 29.8 Å². The lowest BCUT2D eigenvalue weighted by Gasteiger charge is -2.47. The Hall–Kier alpha value is -1.36. The maximum atomic E-state index is 6.37. The largest absolute Gasteiger partial charge is 0.371 e. The van der Waals surface area contributed by atoms with Crippen LogP contribution in [0.5, 0.6) is 0 Å². The Morgan fingerprint density at radius 3 is 2.69 bits per heavy atom. The molecule has 0 aliphatic carbocycles. The molecule has 4 heteroatoms. The molecule has 3 nitrogen and oxygen atoms in total. The van der Waals surface area contributed by atoms with Crippen molar-refractivity contribution in [1.82, 2.24) is 4.90 Å². The summed E-state index contributed by atoms with van der Waals surface area (Å²) in [6, 6.07) is 16.0. The van der Waals surface area contributed by atoms with Gasteiger partial charge in [-0.2, -0.15) is 0 Å². The van der Waals surface area contributed by atoms with Crippen LogP contribution in [-0.4, -0.2) is 43.7 Å². The van der Waals surface area contributed by atoms with Crippen LogP contribution >= 0.6 is 15.9 Å². The van der Waals surface area contributed by atoms with Crippen molar-refractivity contribution < 1.29 is 4.74 Å². The zero-order valence-corrected chi connectivity index (χ0v) is 17.2. The molecular formula is C22H27BrN2O. The van der Waals surface area contributed by atoms with Gasteiger partial charge in [-0.3, -0.25) is 4.90 Å². The molecule has 0 spiro atoms. The third-order valence-corrected chi connectivity index (χ3v) is 6.24. The minimum atomic E-state index is 0.127. The first-order valence-electron chi connectivity index (χ1n) is 9.61. The van der Waals surface area contributed by atoms with E-state index in [1.54, 1.807) is 0 Å². The summed E-state index contributed by atoms with van der Waals surface area (Å²) >= 11 is 3.62. The Bertz CT molecular complexity index is 761. The highest BCUT2D eigenvalue weighted by atomic mass is 79.9. The molecule has 26 heavy (non-hydrogen) atoms. The molecule has 138 valence electrons. The second-order valence-electron chi connectivity index (χ2n) is 7.37. The predicted molar refractivity (Wildman–Crippen MR) is 111 cm³/mol. The highest BCUT2D eigenvalue weighted by Crippen LogP contribution is 2.36. The Morgan fingerprint density at radius 1 is 1.12 bits per heavy atom. The van der Waals surface area contributed by atoms with Crippen molar-refractivity contribution in [3.05, 3.63) is 63.6 Å². The summed E-state index contributed by atoms with van der Waals surface area (Å²) in [5.41, 5.74) is 5.40. The summed E-state index contributed by atoms with van der Waals surface area (Å²) in [4.78, 5) is 5.11. The van der Waals surface area contributed by atoms with Gasteiger partial charge >= 0.3 is 0 Å². The topological polar surface area (TPSA) is 15.7 Å². The average molecular weight is 415 g/mol. The van der Waals surface area contributed by atoms with Crippen LogP contribution in [0.15, 0.2) is 46.9 Å². The van der Waals surface area contributed by atoms with Crippen molar-refractivity contribution in [2.24, 2.45) is 0 Å². The van der Waals surface area contributed by atoms with Crippen LogP contribution in [0.4, 0.5) is 5.69 Å². The van der Waals surface area contributed by atoms with E-state index in [9.17, 15) is 0 Å². The maximum Gasteiger partial charge on any atom is 0.104 e. The van der Waals surface area contributed by atoms with Crippen LogP contribution < -0.4 is 4.90 Å². The van der Waals surface area contributed by atoms with Gasteiger partial charge in [0.05, 0.1) is 12.6 Å². The Kier molecular flexibility index (Phi) is 5.35. The zero-order chi connectivity index (χ0) is 18.1. The van der Waals surface area contributed by atoms with Crippen molar-refractivity contribution >= 4 is 21.6 Å². The lowest BCUT2D eigenvalue weighted by Crippen LogP contribution is -2.56. The minimum absolute atomic E-state index is 0.127. The highest BCUT2D eigenvalue weighted by molar-refractivity contribution is 9.10. The van der Waals surface area contributed by atoms with Crippen LogP contribution in [0.3, 0.4) is 0 Å². The van der Waals surface area contributed by atoms with E-state index in [2.05, 4.69) is 82.0 Å². The van der Waals surface area contributed by atoms with Crippen molar-refractivity contribution in [3.63, 3.8) is 0 Å². The number of halogens is 1. The van der Waals surface area contributed by atoms with E-state index in [0.29, 0.717) is 6.04 Å². The van der Waals surface area contributed by atoms with Gasteiger partial charge in [-0.1, -0.05) is 46.6 Å². The number of piperazine rings is 1. The molecule has 1 fully saturated rings. The van der Waals surface area contributed by atoms with Crippen LogP contribution in [0.25, 0.3) is 0 Å². The molecule has 0 bridgehead atoms. The quantitative estimate of drug-likeness (QED) is 0.730. The fourth-order valence-corrected chi connectivity index (χ4v) is 4.65. The number of rotatable bonds is 3. The summed E-state index contributed by atoms with van der Waals surface area (Å²) in [5, 5.41) is 0. The first kappa shape index (κ1) is 18.0. The lowest BCUT2D eigenvalue weighted by atomic mass is 9.91. The Labute approximate surface area is 165 Å². The lowest BCUT2D eigenvalue weighted by molar-refractivity contribution is 0.00758. The number of nitrogens with zero attached hydrogens (tertiary/aromatic N) is 2. The van der Waals surface area contributed by atoms with Gasteiger partial charge in [0.1, 0.15) is 6.10 Å². The van der Waals surface area contributed by atoms with Crippen LogP contribution in [-0.2, 0) is 11.2 Å². The highest BCUT2D eigenvalue weighted by Gasteiger charge is 2.36. The number of hydrogen-bond donors (Lipinski definition) is 0. The van der Waals surface area contributed by atoms with Gasteiger partial charge in [0.2, 0.25) is 0 Å². The second kappa shape index (κ2) is 7.71. The molecule has 2 atom stereocenters. The van der Waals surface area contributed by atoms with Crippen molar-refractivity contribution in [1.29, 1.82) is 0 Å². The van der Waals surface area contributed by atoms with Gasteiger partial charge in [-0.25, -0.2) is 0 Å². The molecule has 2 aliphatic heterocycles. The maximum absolute atomic E-state index is 6.37. The van der Waals surface area contributed by atoms with E-state index in [4.69, 9.17) is 4.74 Å². The van der Waals surface area contributed by atoms with E-state index >= 15 is 0 Å². The summed E-state index contributed by atoms with van der Waals surface area (Å²) in [5.74, 6) is 0. The van der Waals surface area contributed by atoms with E-state index in [0.717, 1.165) is 43.7 Å². The fourth-order valence-electron chi connectivity index (χ4n) is 4.24. The van der Waals surface area contributed by atoms with Gasteiger partial charge in [0.15, 0.2) is 0 Å².